The van der Waals surface area contributed by atoms with Crippen LogP contribution < -0.4 is 0 Å². The summed E-state index contributed by atoms with van der Waals surface area (Å²) in [4.78, 5) is 15.6. The first-order valence-corrected chi connectivity index (χ1v) is 6.67. The number of carboxylic acid groups (broad SMARTS) is 1. The number of aliphatic imine (C=N–C) groups is 1. The summed E-state index contributed by atoms with van der Waals surface area (Å²) in [5.41, 5.74) is 2.92. The van der Waals surface area contributed by atoms with Crippen LogP contribution in [0.5, 0.6) is 0 Å². The molecule has 3 nitrogen and oxygen atoms in total. The fourth-order valence-corrected chi connectivity index (χ4v) is 2.26. The first kappa shape index (κ1) is 12.6. The van der Waals surface area contributed by atoms with Gasteiger partial charge in [-0.1, -0.05) is 60.7 Å². The van der Waals surface area contributed by atoms with Crippen molar-refractivity contribution in [3.05, 3.63) is 71.8 Å². The normalized spacial score (nSPS) is 20.2. The number of nitrogens with zero attached hydrogens (tertiary/aromatic N) is 1. The van der Waals surface area contributed by atoms with Crippen molar-refractivity contribution in [3.63, 3.8) is 0 Å². The van der Waals surface area contributed by atoms with Crippen LogP contribution in [0.4, 0.5) is 0 Å². The second-order valence-electron chi connectivity index (χ2n) is 4.96. The zero-order chi connectivity index (χ0) is 13.9. The van der Waals surface area contributed by atoms with E-state index in [1.807, 2.05) is 60.7 Å². The Morgan fingerprint density at radius 3 is 1.85 bits per heavy atom. The lowest BCUT2D eigenvalue weighted by Crippen LogP contribution is -2.07. The second-order valence-corrected chi connectivity index (χ2v) is 4.96. The average molecular weight is 265 g/mol. The molecule has 0 radical (unpaired) electrons. The standard InChI is InChI=1S/C17H15NO2/c19-17(20)14-11-15(14)18-16(12-7-3-1-4-8-12)13-9-5-2-6-10-13/h1-10,14-15H,11H2,(H,19,20)/t14-,15-/m0/s1. The van der Waals surface area contributed by atoms with Crippen molar-refractivity contribution in [2.24, 2.45) is 10.9 Å². The van der Waals surface area contributed by atoms with Crippen LogP contribution in [0.1, 0.15) is 17.5 Å². The largest absolute Gasteiger partial charge is 0.481 e. The van der Waals surface area contributed by atoms with Crippen LogP contribution in [0.2, 0.25) is 0 Å². The van der Waals surface area contributed by atoms with Gasteiger partial charge in [0.25, 0.3) is 0 Å². The van der Waals surface area contributed by atoms with Crippen LogP contribution in [0, 0.1) is 5.92 Å². The lowest BCUT2D eigenvalue weighted by atomic mass is 10.0. The Labute approximate surface area is 117 Å². The third-order valence-electron chi connectivity index (χ3n) is 3.46. The quantitative estimate of drug-likeness (QED) is 0.864. The van der Waals surface area contributed by atoms with Gasteiger partial charge in [0.1, 0.15) is 0 Å². The van der Waals surface area contributed by atoms with Gasteiger partial charge in [0.2, 0.25) is 0 Å². The third kappa shape index (κ3) is 2.62. The molecule has 3 heteroatoms. The van der Waals surface area contributed by atoms with Crippen LogP contribution in [0.15, 0.2) is 65.7 Å². The highest BCUT2D eigenvalue weighted by atomic mass is 16.4. The van der Waals surface area contributed by atoms with Crippen LogP contribution >= 0.6 is 0 Å². The average Bonchev–Trinajstić information content (AvgIpc) is 3.26. The van der Waals surface area contributed by atoms with Gasteiger partial charge in [-0.2, -0.15) is 0 Å². The van der Waals surface area contributed by atoms with E-state index in [0.717, 1.165) is 16.8 Å². The molecule has 0 bridgehead atoms. The molecule has 2 aromatic carbocycles. The lowest BCUT2D eigenvalue weighted by Gasteiger charge is -2.07. The SMILES string of the molecule is O=C(O)[C@H]1C[C@@H]1N=C(c1ccccc1)c1ccccc1. The van der Waals surface area contributed by atoms with E-state index < -0.39 is 5.97 Å². The van der Waals surface area contributed by atoms with Gasteiger partial charge in [0, 0.05) is 11.1 Å². The summed E-state index contributed by atoms with van der Waals surface area (Å²) in [6, 6.07) is 19.7. The molecule has 0 saturated heterocycles. The van der Waals surface area contributed by atoms with Crippen LogP contribution in [-0.4, -0.2) is 22.8 Å². The molecule has 2 aromatic rings. The van der Waals surface area contributed by atoms with E-state index in [-0.39, 0.29) is 12.0 Å². The van der Waals surface area contributed by atoms with Crippen molar-refractivity contribution in [2.45, 2.75) is 12.5 Å². The summed E-state index contributed by atoms with van der Waals surface area (Å²) in [6.45, 7) is 0. The van der Waals surface area contributed by atoms with Crippen molar-refractivity contribution in [3.8, 4) is 0 Å². The minimum Gasteiger partial charge on any atom is -0.481 e. The molecule has 2 atom stereocenters. The Morgan fingerprint density at radius 2 is 1.45 bits per heavy atom. The van der Waals surface area contributed by atoms with Gasteiger partial charge in [-0.25, -0.2) is 0 Å². The minimum absolute atomic E-state index is 0.0945. The summed E-state index contributed by atoms with van der Waals surface area (Å²) >= 11 is 0. The van der Waals surface area contributed by atoms with E-state index in [4.69, 9.17) is 5.11 Å². The number of hydrogen-bond acceptors (Lipinski definition) is 2. The topological polar surface area (TPSA) is 49.7 Å². The molecule has 1 fully saturated rings. The van der Waals surface area contributed by atoms with Crippen molar-refractivity contribution < 1.29 is 9.90 Å². The molecule has 1 aliphatic carbocycles. The summed E-state index contributed by atoms with van der Waals surface area (Å²) in [6.07, 6.45) is 0.637. The predicted molar refractivity (Wildman–Crippen MR) is 78.1 cm³/mol. The number of benzene rings is 2. The molecule has 3 rings (SSSR count). The molecule has 0 heterocycles. The summed E-state index contributed by atoms with van der Waals surface area (Å²) < 4.78 is 0. The van der Waals surface area contributed by atoms with E-state index in [9.17, 15) is 4.79 Å². The zero-order valence-electron chi connectivity index (χ0n) is 10.9. The number of carbonyl (C=O) groups is 1. The van der Waals surface area contributed by atoms with E-state index in [1.165, 1.54) is 0 Å². The van der Waals surface area contributed by atoms with Gasteiger partial charge < -0.3 is 5.11 Å². The molecule has 0 spiro atoms. The first-order valence-electron chi connectivity index (χ1n) is 6.67. The highest BCUT2D eigenvalue weighted by Gasteiger charge is 2.43. The predicted octanol–water partition coefficient (Wildman–Crippen LogP) is 3.00. The Balaban J connectivity index is 1.97. The van der Waals surface area contributed by atoms with Crippen molar-refractivity contribution in [2.75, 3.05) is 0 Å². The van der Waals surface area contributed by atoms with Crippen molar-refractivity contribution in [1.82, 2.24) is 0 Å². The number of rotatable bonds is 4. The Kier molecular flexibility index (Phi) is 3.33. The molecule has 1 aliphatic rings. The molecule has 1 N–H and O–H groups in total. The molecule has 100 valence electrons. The Morgan fingerprint density at radius 1 is 0.950 bits per heavy atom. The van der Waals surface area contributed by atoms with Crippen molar-refractivity contribution >= 4 is 11.7 Å². The van der Waals surface area contributed by atoms with E-state index >= 15 is 0 Å². The smallest absolute Gasteiger partial charge is 0.308 e. The highest BCUT2D eigenvalue weighted by molar-refractivity contribution is 6.13. The highest BCUT2D eigenvalue weighted by Crippen LogP contribution is 2.35. The maximum atomic E-state index is 11.0. The first-order chi connectivity index (χ1) is 9.75. The van der Waals surface area contributed by atoms with Gasteiger partial charge in [-0.05, 0) is 6.42 Å². The molecule has 0 amide bonds. The number of aliphatic carboxylic acids is 1. The Bertz CT molecular complexity index is 593. The van der Waals surface area contributed by atoms with Gasteiger partial charge in [-0.15, -0.1) is 0 Å². The molecule has 1 saturated carbocycles. The van der Waals surface area contributed by atoms with Gasteiger partial charge in [0.15, 0.2) is 0 Å². The molecule has 20 heavy (non-hydrogen) atoms. The van der Waals surface area contributed by atoms with E-state index in [1.54, 1.807) is 0 Å². The number of hydrogen-bond donors (Lipinski definition) is 1. The summed E-state index contributed by atoms with van der Waals surface area (Å²) in [7, 11) is 0. The Hall–Kier alpha value is -2.42. The fourth-order valence-electron chi connectivity index (χ4n) is 2.26. The van der Waals surface area contributed by atoms with Gasteiger partial charge in [0.05, 0.1) is 17.7 Å². The van der Waals surface area contributed by atoms with Crippen LogP contribution in [0.3, 0.4) is 0 Å². The van der Waals surface area contributed by atoms with Crippen LogP contribution in [-0.2, 0) is 4.79 Å². The maximum absolute atomic E-state index is 11.0. The molecular weight excluding hydrogens is 250 g/mol. The van der Waals surface area contributed by atoms with E-state index in [0.29, 0.717) is 6.42 Å². The molecule has 0 aliphatic heterocycles. The second kappa shape index (κ2) is 5.29. The van der Waals surface area contributed by atoms with Gasteiger partial charge in [-0.3, -0.25) is 9.79 Å². The maximum Gasteiger partial charge on any atom is 0.308 e. The minimum atomic E-state index is -0.751. The fraction of sp³-hybridized carbons (Fsp3) is 0.176. The van der Waals surface area contributed by atoms with Crippen LogP contribution in [0.25, 0.3) is 0 Å². The number of carboxylic acids is 1. The van der Waals surface area contributed by atoms with Gasteiger partial charge >= 0.3 is 5.97 Å². The monoisotopic (exact) mass is 265 g/mol. The summed E-state index contributed by atoms with van der Waals surface area (Å²) in [5, 5.41) is 9.01. The molecule has 0 unspecified atom stereocenters. The zero-order valence-corrected chi connectivity index (χ0v) is 10.9. The molecule has 0 aromatic heterocycles. The van der Waals surface area contributed by atoms with Crippen molar-refractivity contribution in [1.29, 1.82) is 0 Å². The summed E-state index contributed by atoms with van der Waals surface area (Å²) in [5.74, 6) is -1.07. The molecular formula is C17H15NO2. The lowest BCUT2D eigenvalue weighted by molar-refractivity contribution is -0.138. The van der Waals surface area contributed by atoms with E-state index in [2.05, 4.69) is 4.99 Å². The third-order valence-corrected chi connectivity index (χ3v) is 3.46.